The third-order valence-corrected chi connectivity index (χ3v) is 3.20. The highest BCUT2D eigenvalue weighted by Gasteiger charge is 2.30. The van der Waals surface area contributed by atoms with Gasteiger partial charge in [-0.25, -0.2) is 4.79 Å². The molecule has 10 heteroatoms. The summed E-state index contributed by atoms with van der Waals surface area (Å²) in [5, 5.41) is 6.54. The Hall–Kier alpha value is -2.78. The number of nitrogens with one attached hydrogen (secondary N) is 3. The largest absolute Gasteiger partial charge is 0.447 e. The van der Waals surface area contributed by atoms with Crippen LogP contribution in [0.4, 0.5) is 23.7 Å². The van der Waals surface area contributed by atoms with E-state index in [1.807, 2.05) is 0 Å². The van der Waals surface area contributed by atoms with E-state index >= 15 is 0 Å². The van der Waals surface area contributed by atoms with Gasteiger partial charge >= 0.3 is 12.3 Å². The molecule has 130 valence electrons. The molecule has 3 N–H and O–H groups in total. The molecule has 1 aromatic rings. The number of hydrogen-bond donors (Lipinski definition) is 3. The van der Waals surface area contributed by atoms with Crippen molar-refractivity contribution in [3.63, 3.8) is 0 Å². The molecule has 1 aliphatic heterocycles. The number of aryl methyl sites for hydroxylation is 1. The summed E-state index contributed by atoms with van der Waals surface area (Å²) in [5.41, 5.74) is 0.814. The molecule has 0 saturated carbocycles. The van der Waals surface area contributed by atoms with E-state index in [0.717, 1.165) is 0 Å². The molecule has 1 saturated heterocycles. The predicted octanol–water partition coefficient (Wildman–Crippen LogP) is 1.33. The van der Waals surface area contributed by atoms with Gasteiger partial charge in [-0.2, -0.15) is 13.2 Å². The normalized spacial score (nSPS) is 17.0. The molecule has 0 aliphatic carbocycles. The number of amides is 3. The van der Waals surface area contributed by atoms with Crippen molar-refractivity contribution in [2.24, 2.45) is 0 Å². The molecule has 0 bridgehead atoms. The summed E-state index contributed by atoms with van der Waals surface area (Å²) in [6, 6.07) is 3.22. The molecule has 1 atom stereocenters. The molecule has 0 aromatic heterocycles. The second kappa shape index (κ2) is 6.77. The van der Waals surface area contributed by atoms with Gasteiger partial charge in [-0.15, -0.1) is 0 Å². The van der Waals surface area contributed by atoms with Crippen molar-refractivity contribution in [1.82, 2.24) is 10.6 Å². The van der Waals surface area contributed by atoms with Crippen LogP contribution in [-0.4, -0.2) is 43.3 Å². The molecule has 0 radical (unpaired) electrons. The van der Waals surface area contributed by atoms with Gasteiger partial charge in [0.25, 0.3) is 11.8 Å². The van der Waals surface area contributed by atoms with Crippen molar-refractivity contribution in [2.45, 2.75) is 19.1 Å². The van der Waals surface area contributed by atoms with Crippen molar-refractivity contribution in [3.8, 4) is 0 Å². The Bertz CT molecular complexity index is 676. The number of halogens is 3. The van der Waals surface area contributed by atoms with E-state index in [0.29, 0.717) is 5.56 Å². The van der Waals surface area contributed by atoms with E-state index in [4.69, 9.17) is 0 Å². The molecular weight excluding hydrogens is 331 g/mol. The highest BCUT2D eigenvalue weighted by Crippen LogP contribution is 2.18. The van der Waals surface area contributed by atoms with Crippen LogP contribution < -0.4 is 16.0 Å². The Morgan fingerprint density at radius 3 is 2.67 bits per heavy atom. The van der Waals surface area contributed by atoms with E-state index in [1.54, 1.807) is 12.2 Å². The Labute approximate surface area is 134 Å². The lowest BCUT2D eigenvalue weighted by Crippen LogP contribution is -2.38. The van der Waals surface area contributed by atoms with E-state index in [1.165, 1.54) is 18.2 Å². The summed E-state index contributed by atoms with van der Waals surface area (Å²) < 4.78 is 41.0. The van der Waals surface area contributed by atoms with Crippen molar-refractivity contribution < 1.29 is 32.3 Å². The van der Waals surface area contributed by atoms with Crippen LogP contribution in [0.3, 0.4) is 0 Å². The van der Waals surface area contributed by atoms with Crippen LogP contribution in [0.15, 0.2) is 18.2 Å². The third kappa shape index (κ3) is 4.61. The first-order valence-corrected chi connectivity index (χ1v) is 6.85. The summed E-state index contributed by atoms with van der Waals surface area (Å²) in [6.07, 6.45) is -5.23. The van der Waals surface area contributed by atoms with Crippen LogP contribution in [0.1, 0.15) is 15.9 Å². The molecule has 1 aromatic carbocycles. The fraction of sp³-hybridized carbons (Fsp3) is 0.357. The van der Waals surface area contributed by atoms with Crippen LogP contribution in [0, 0.1) is 6.92 Å². The number of ether oxygens (including phenoxy) is 1. The van der Waals surface area contributed by atoms with Crippen molar-refractivity contribution >= 4 is 23.6 Å². The van der Waals surface area contributed by atoms with Crippen LogP contribution >= 0.6 is 0 Å². The van der Waals surface area contributed by atoms with Crippen molar-refractivity contribution in [2.75, 3.05) is 18.5 Å². The zero-order valence-corrected chi connectivity index (χ0v) is 12.5. The summed E-state index contributed by atoms with van der Waals surface area (Å²) in [6.45, 7) is 0.0685. The molecule has 0 spiro atoms. The van der Waals surface area contributed by atoms with Crippen molar-refractivity contribution in [3.05, 3.63) is 29.3 Å². The van der Waals surface area contributed by atoms with Gasteiger partial charge in [-0.3, -0.25) is 9.59 Å². The lowest BCUT2D eigenvalue weighted by atomic mass is 10.1. The zero-order chi connectivity index (χ0) is 17.9. The van der Waals surface area contributed by atoms with E-state index in [2.05, 4.69) is 15.4 Å². The highest BCUT2D eigenvalue weighted by atomic mass is 19.4. The molecule has 1 aliphatic rings. The maximum atomic E-state index is 12.1. The number of carbonyl (C=O) groups excluding carboxylic acids is 3. The monoisotopic (exact) mass is 345 g/mol. The van der Waals surface area contributed by atoms with Crippen LogP contribution in [0.25, 0.3) is 0 Å². The number of rotatable bonds is 4. The predicted molar refractivity (Wildman–Crippen MR) is 76.5 cm³/mol. The number of alkyl carbamates (subject to hydrolysis) is 1. The first kappa shape index (κ1) is 17.6. The second-order valence-corrected chi connectivity index (χ2v) is 5.11. The minimum absolute atomic E-state index is 0.0353. The van der Waals surface area contributed by atoms with Crippen LogP contribution in [0.2, 0.25) is 0 Å². The summed E-state index contributed by atoms with van der Waals surface area (Å²) in [7, 11) is 0. The van der Waals surface area contributed by atoms with Gasteiger partial charge < -0.3 is 20.7 Å². The van der Waals surface area contributed by atoms with Gasteiger partial charge in [0.1, 0.15) is 19.2 Å². The Morgan fingerprint density at radius 1 is 1.38 bits per heavy atom. The highest BCUT2D eigenvalue weighted by molar-refractivity contribution is 6.00. The Kier molecular flexibility index (Phi) is 4.96. The van der Waals surface area contributed by atoms with Crippen molar-refractivity contribution in [1.29, 1.82) is 0 Å². The van der Waals surface area contributed by atoms with Crippen LogP contribution in [0.5, 0.6) is 0 Å². The second-order valence-electron chi connectivity index (χ2n) is 5.11. The summed E-state index contributed by atoms with van der Waals surface area (Å²) in [5.74, 6) is -1.47. The molecule has 7 nitrogen and oxygen atoms in total. The molecule has 1 unspecified atom stereocenters. The molecule has 3 amide bonds. The number of cyclic esters (lactones) is 1. The standard InChI is InChI=1S/C14H14F3N3O4/c1-7-2-3-8(11(21)18-6-14(15,16)17)4-9(7)19-12(22)10-5-24-13(23)20-10/h2-4,10H,5-6H2,1H3,(H,18,21)(H,19,22)(H,20,23). The first-order valence-electron chi connectivity index (χ1n) is 6.85. The Balaban J connectivity index is 2.06. The average molecular weight is 345 g/mol. The smallest absolute Gasteiger partial charge is 0.407 e. The number of benzene rings is 1. The van der Waals surface area contributed by atoms with Gasteiger partial charge in [-0.05, 0) is 24.6 Å². The molecule has 1 heterocycles. The van der Waals surface area contributed by atoms with Gasteiger partial charge in [-0.1, -0.05) is 6.07 Å². The maximum Gasteiger partial charge on any atom is 0.407 e. The van der Waals surface area contributed by atoms with Crippen LogP contribution in [-0.2, 0) is 9.53 Å². The number of carbonyl (C=O) groups is 3. The topological polar surface area (TPSA) is 96.5 Å². The summed E-state index contributed by atoms with van der Waals surface area (Å²) >= 11 is 0. The van der Waals surface area contributed by atoms with E-state index < -0.39 is 36.7 Å². The number of hydrogen-bond acceptors (Lipinski definition) is 4. The average Bonchev–Trinajstić information content (AvgIpc) is 2.93. The lowest BCUT2D eigenvalue weighted by molar-refractivity contribution is -0.123. The SMILES string of the molecule is Cc1ccc(C(=O)NCC(F)(F)F)cc1NC(=O)C1COC(=O)N1. The molecule has 1 fully saturated rings. The quantitative estimate of drug-likeness (QED) is 0.767. The molecule has 2 rings (SSSR count). The van der Waals surface area contributed by atoms with Gasteiger partial charge in [0, 0.05) is 11.3 Å². The van der Waals surface area contributed by atoms with E-state index in [-0.39, 0.29) is 17.9 Å². The molecular formula is C14H14F3N3O4. The first-order chi connectivity index (χ1) is 11.2. The number of alkyl halides is 3. The minimum atomic E-state index is -4.52. The fourth-order valence-corrected chi connectivity index (χ4v) is 1.93. The van der Waals surface area contributed by atoms with E-state index in [9.17, 15) is 27.6 Å². The summed E-state index contributed by atoms with van der Waals surface area (Å²) in [4.78, 5) is 34.7. The van der Waals surface area contributed by atoms with Gasteiger partial charge in [0.15, 0.2) is 0 Å². The van der Waals surface area contributed by atoms with Gasteiger partial charge in [0.2, 0.25) is 0 Å². The molecule has 24 heavy (non-hydrogen) atoms. The minimum Gasteiger partial charge on any atom is -0.447 e. The Morgan fingerprint density at radius 2 is 2.08 bits per heavy atom. The lowest BCUT2D eigenvalue weighted by Gasteiger charge is -2.13. The maximum absolute atomic E-state index is 12.1. The zero-order valence-electron chi connectivity index (χ0n) is 12.5. The number of anilines is 1. The van der Waals surface area contributed by atoms with Gasteiger partial charge in [0.05, 0.1) is 0 Å². The third-order valence-electron chi connectivity index (χ3n) is 3.20. The fourth-order valence-electron chi connectivity index (χ4n) is 1.93.